The Kier molecular flexibility index (Phi) is 5.07. The van der Waals surface area contributed by atoms with Crippen LogP contribution in [0.4, 0.5) is 0 Å². The topological polar surface area (TPSA) is 35.2 Å². The number of nitrogens with two attached hydrogens (primary N) is 1. The SMILES string of the molecule is NC(=S)c1ccc(COCCc2ccccc2)cc1. The summed E-state index contributed by atoms with van der Waals surface area (Å²) in [6.45, 7) is 1.34. The van der Waals surface area contributed by atoms with Crippen molar-refractivity contribution in [2.24, 2.45) is 5.73 Å². The molecule has 0 aliphatic heterocycles. The third-order valence-corrected chi connectivity index (χ3v) is 3.12. The summed E-state index contributed by atoms with van der Waals surface area (Å²) >= 11 is 4.91. The van der Waals surface area contributed by atoms with E-state index in [-0.39, 0.29) is 0 Å². The monoisotopic (exact) mass is 271 g/mol. The van der Waals surface area contributed by atoms with Crippen LogP contribution < -0.4 is 5.73 Å². The van der Waals surface area contributed by atoms with E-state index in [0.29, 0.717) is 11.6 Å². The van der Waals surface area contributed by atoms with Crippen LogP contribution in [0.15, 0.2) is 54.6 Å². The summed E-state index contributed by atoms with van der Waals surface area (Å²) in [5, 5.41) is 0. The van der Waals surface area contributed by atoms with Crippen molar-refractivity contribution in [2.75, 3.05) is 6.61 Å². The quantitative estimate of drug-likeness (QED) is 0.648. The third kappa shape index (κ3) is 4.47. The fraction of sp³-hybridized carbons (Fsp3) is 0.188. The van der Waals surface area contributed by atoms with Crippen molar-refractivity contribution in [1.82, 2.24) is 0 Å². The molecule has 0 heterocycles. The van der Waals surface area contributed by atoms with E-state index in [0.717, 1.165) is 24.2 Å². The molecule has 2 aromatic carbocycles. The van der Waals surface area contributed by atoms with E-state index in [1.54, 1.807) is 0 Å². The predicted octanol–water partition coefficient (Wildman–Crippen LogP) is 3.08. The first-order valence-electron chi connectivity index (χ1n) is 6.26. The first-order valence-corrected chi connectivity index (χ1v) is 6.67. The zero-order valence-electron chi connectivity index (χ0n) is 10.7. The molecule has 2 nitrogen and oxygen atoms in total. The van der Waals surface area contributed by atoms with Crippen LogP contribution in [0.3, 0.4) is 0 Å². The van der Waals surface area contributed by atoms with Gasteiger partial charge >= 0.3 is 0 Å². The van der Waals surface area contributed by atoms with Crippen LogP contribution in [0.1, 0.15) is 16.7 Å². The van der Waals surface area contributed by atoms with Crippen molar-refractivity contribution in [1.29, 1.82) is 0 Å². The second kappa shape index (κ2) is 7.02. The van der Waals surface area contributed by atoms with Crippen molar-refractivity contribution < 1.29 is 4.74 Å². The maximum Gasteiger partial charge on any atom is 0.103 e. The zero-order valence-corrected chi connectivity index (χ0v) is 11.5. The van der Waals surface area contributed by atoms with E-state index in [9.17, 15) is 0 Å². The maximum absolute atomic E-state index is 5.66. The van der Waals surface area contributed by atoms with Crippen molar-refractivity contribution >= 4 is 17.2 Å². The molecule has 0 bridgehead atoms. The Morgan fingerprint density at radius 2 is 1.63 bits per heavy atom. The molecule has 0 aliphatic carbocycles. The standard InChI is InChI=1S/C16H17NOS/c17-16(19)15-8-6-14(7-9-15)12-18-11-10-13-4-2-1-3-5-13/h1-9H,10-12H2,(H2,17,19). The van der Waals surface area contributed by atoms with Gasteiger partial charge in [-0.3, -0.25) is 0 Å². The molecule has 2 aromatic rings. The van der Waals surface area contributed by atoms with Crippen molar-refractivity contribution in [2.45, 2.75) is 13.0 Å². The Morgan fingerprint density at radius 1 is 0.947 bits per heavy atom. The van der Waals surface area contributed by atoms with Gasteiger partial charge in [0.1, 0.15) is 4.99 Å². The highest BCUT2D eigenvalue weighted by Gasteiger charge is 1.98. The molecule has 0 saturated heterocycles. The summed E-state index contributed by atoms with van der Waals surface area (Å²) in [6.07, 6.45) is 0.936. The Bertz CT molecular complexity index is 522. The van der Waals surface area contributed by atoms with E-state index < -0.39 is 0 Å². The molecule has 0 aromatic heterocycles. The molecule has 98 valence electrons. The second-order valence-corrected chi connectivity index (χ2v) is 4.79. The summed E-state index contributed by atoms with van der Waals surface area (Å²) in [4.78, 5) is 0.427. The Morgan fingerprint density at radius 3 is 2.26 bits per heavy atom. The molecule has 0 fully saturated rings. The second-order valence-electron chi connectivity index (χ2n) is 4.35. The summed E-state index contributed by atoms with van der Waals surface area (Å²) in [5.74, 6) is 0. The number of rotatable bonds is 6. The van der Waals surface area contributed by atoms with E-state index in [2.05, 4.69) is 12.1 Å². The molecule has 0 atom stereocenters. The summed E-state index contributed by atoms with van der Waals surface area (Å²) in [5.41, 5.74) is 8.87. The van der Waals surface area contributed by atoms with Crippen LogP contribution in [0, 0.1) is 0 Å². The van der Waals surface area contributed by atoms with Gasteiger partial charge in [-0.1, -0.05) is 66.8 Å². The fourth-order valence-corrected chi connectivity index (χ4v) is 1.93. The van der Waals surface area contributed by atoms with Crippen molar-refractivity contribution in [3.63, 3.8) is 0 Å². The van der Waals surface area contributed by atoms with Crippen molar-refractivity contribution in [3.8, 4) is 0 Å². The van der Waals surface area contributed by atoms with Gasteiger partial charge in [-0.15, -0.1) is 0 Å². The van der Waals surface area contributed by atoms with Crippen LogP contribution in [0.2, 0.25) is 0 Å². The lowest BCUT2D eigenvalue weighted by Gasteiger charge is -2.05. The Balaban J connectivity index is 1.75. The lowest BCUT2D eigenvalue weighted by atomic mass is 10.1. The molecule has 2 N–H and O–H groups in total. The molecule has 2 rings (SSSR count). The van der Waals surface area contributed by atoms with Crippen LogP contribution in [-0.4, -0.2) is 11.6 Å². The number of thiocarbonyl (C=S) groups is 1. The maximum atomic E-state index is 5.66. The van der Waals surface area contributed by atoms with Gasteiger partial charge in [0.15, 0.2) is 0 Å². The van der Waals surface area contributed by atoms with Crippen LogP contribution in [0.5, 0.6) is 0 Å². The smallest absolute Gasteiger partial charge is 0.103 e. The van der Waals surface area contributed by atoms with Gasteiger partial charge in [-0.2, -0.15) is 0 Å². The average Bonchev–Trinajstić information content (AvgIpc) is 2.45. The Labute approximate surface area is 119 Å². The zero-order chi connectivity index (χ0) is 13.5. The van der Waals surface area contributed by atoms with E-state index in [4.69, 9.17) is 22.7 Å². The predicted molar refractivity (Wildman–Crippen MR) is 82.1 cm³/mol. The minimum atomic E-state index is 0.427. The molecular weight excluding hydrogens is 254 g/mol. The van der Waals surface area contributed by atoms with Gasteiger partial charge in [-0.25, -0.2) is 0 Å². The molecule has 3 heteroatoms. The summed E-state index contributed by atoms with van der Waals surface area (Å²) in [7, 11) is 0. The van der Waals surface area contributed by atoms with Crippen LogP contribution in [0.25, 0.3) is 0 Å². The van der Waals surface area contributed by atoms with Crippen molar-refractivity contribution in [3.05, 3.63) is 71.3 Å². The number of ether oxygens (including phenoxy) is 1. The first kappa shape index (κ1) is 13.7. The number of hydrogen-bond donors (Lipinski definition) is 1. The molecule has 0 amide bonds. The van der Waals surface area contributed by atoms with E-state index in [1.165, 1.54) is 5.56 Å². The van der Waals surface area contributed by atoms with E-state index in [1.807, 2.05) is 42.5 Å². The highest BCUT2D eigenvalue weighted by atomic mass is 32.1. The first-order chi connectivity index (χ1) is 9.25. The van der Waals surface area contributed by atoms with Crippen LogP contribution >= 0.6 is 12.2 Å². The van der Waals surface area contributed by atoms with Crippen LogP contribution in [-0.2, 0) is 17.8 Å². The number of benzene rings is 2. The highest BCUT2D eigenvalue weighted by molar-refractivity contribution is 7.80. The molecule has 0 saturated carbocycles. The minimum Gasteiger partial charge on any atom is -0.389 e. The van der Waals surface area contributed by atoms with Gasteiger partial charge < -0.3 is 10.5 Å². The summed E-state index contributed by atoms with van der Waals surface area (Å²) in [6, 6.07) is 18.2. The van der Waals surface area contributed by atoms with Gasteiger partial charge in [0.05, 0.1) is 13.2 Å². The molecule has 0 spiro atoms. The number of hydrogen-bond acceptors (Lipinski definition) is 2. The Hall–Kier alpha value is -1.71. The molecule has 0 aliphatic rings. The lowest BCUT2D eigenvalue weighted by molar-refractivity contribution is 0.124. The van der Waals surface area contributed by atoms with Gasteiger partial charge in [0.2, 0.25) is 0 Å². The molecule has 19 heavy (non-hydrogen) atoms. The average molecular weight is 271 g/mol. The van der Waals surface area contributed by atoms with E-state index >= 15 is 0 Å². The fourth-order valence-electron chi connectivity index (χ4n) is 1.79. The lowest BCUT2D eigenvalue weighted by Crippen LogP contribution is -2.09. The molecule has 0 radical (unpaired) electrons. The molecule has 0 unspecified atom stereocenters. The molecular formula is C16H17NOS. The van der Waals surface area contributed by atoms with Gasteiger partial charge in [0, 0.05) is 5.56 Å². The van der Waals surface area contributed by atoms with Gasteiger partial charge in [-0.05, 0) is 17.5 Å². The third-order valence-electron chi connectivity index (χ3n) is 2.89. The minimum absolute atomic E-state index is 0.427. The van der Waals surface area contributed by atoms with Gasteiger partial charge in [0.25, 0.3) is 0 Å². The highest BCUT2D eigenvalue weighted by Crippen LogP contribution is 2.06. The summed E-state index contributed by atoms with van der Waals surface area (Å²) < 4.78 is 5.66. The normalized spacial score (nSPS) is 10.3. The largest absolute Gasteiger partial charge is 0.389 e.